The third kappa shape index (κ3) is 5.72. The van der Waals surface area contributed by atoms with Crippen LogP contribution in [0.15, 0.2) is 18.7 Å². The molecule has 1 unspecified atom stereocenters. The highest BCUT2D eigenvalue weighted by Gasteiger charge is 1.96. The van der Waals surface area contributed by atoms with Gasteiger partial charge >= 0.3 is 6.16 Å². The second-order valence-corrected chi connectivity index (χ2v) is 2.55. The van der Waals surface area contributed by atoms with Crippen LogP contribution in [-0.2, 0) is 0 Å². The van der Waals surface area contributed by atoms with Crippen LogP contribution < -0.4 is 0 Å². The van der Waals surface area contributed by atoms with E-state index in [0.29, 0.717) is 6.04 Å². The first-order chi connectivity index (χ1) is 6.07. The van der Waals surface area contributed by atoms with Gasteiger partial charge in [-0.05, 0) is 13.3 Å². The highest BCUT2D eigenvalue weighted by molar-refractivity contribution is 5.53. The Morgan fingerprint density at radius 1 is 1.62 bits per heavy atom. The molecule has 1 atom stereocenters. The third-order valence-corrected chi connectivity index (χ3v) is 1.62. The van der Waals surface area contributed by atoms with Crippen molar-refractivity contribution in [1.82, 2.24) is 9.55 Å². The maximum Gasteiger partial charge on any atom is 0.503 e. The summed E-state index contributed by atoms with van der Waals surface area (Å²) in [5.41, 5.74) is 0. The minimum Gasteiger partial charge on any atom is -0.450 e. The maximum atomic E-state index is 8.56. The Morgan fingerprint density at radius 3 is 2.46 bits per heavy atom. The molecule has 0 bridgehead atoms. The summed E-state index contributed by atoms with van der Waals surface area (Å²) in [7, 11) is 0. The molecular formula is C8H14N2O3. The Kier molecular flexibility index (Phi) is 5.34. The minimum atomic E-state index is -1.83. The molecule has 1 heterocycles. The van der Waals surface area contributed by atoms with Gasteiger partial charge in [0.2, 0.25) is 0 Å². The molecule has 5 nitrogen and oxygen atoms in total. The molecular weight excluding hydrogens is 172 g/mol. The molecule has 74 valence electrons. The van der Waals surface area contributed by atoms with Gasteiger partial charge in [0.1, 0.15) is 0 Å². The first kappa shape index (κ1) is 11.5. The number of hydrogen-bond donors (Lipinski definition) is 2. The van der Waals surface area contributed by atoms with Crippen molar-refractivity contribution in [2.75, 3.05) is 0 Å². The van der Waals surface area contributed by atoms with E-state index in [2.05, 4.69) is 23.4 Å². The quantitative estimate of drug-likeness (QED) is 0.741. The van der Waals surface area contributed by atoms with E-state index in [9.17, 15) is 0 Å². The largest absolute Gasteiger partial charge is 0.503 e. The van der Waals surface area contributed by atoms with E-state index in [1.807, 2.05) is 18.7 Å². The summed E-state index contributed by atoms with van der Waals surface area (Å²) in [6, 6.07) is 0.590. The van der Waals surface area contributed by atoms with E-state index in [1.165, 1.54) is 0 Å². The lowest BCUT2D eigenvalue weighted by atomic mass is 10.3. The predicted molar refractivity (Wildman–Crippen MR) is 47.9 cm³/mol. The molecule has 0 amide bonds. The topological polar surface area (TPSA) is 75.4 Å². The standard InChI is InChI=1S/C7H12N2.CH2O3/c1-3-7(2)9-5-4-8-6-9;2-1(3)4/h4-7H,3H2,1-2H3;(H2,2,3,4). The molecule has 0 radical (unpaired) electrons. The van der Waals surface area contributed by atoms with Crippen LogP contribution in [0.25, 0.3) is 0 Å². The lowest BCUT2D eigenvalue weighted by Gasteiger charge is -2.07. The van der Waals surface area contributed by atoms with Crippen molar-refractivity contribution < 1.29 is 15.0 Å². The van der Waals surface area contributed by atoms with E-state index < -0.39 is 6.16 Å². The molecule has 1 aromatic heterocycles. The molecule has 13 heavy (non-hydrogen) atoms. The van der Waals surface area contributed by atoms with Gasteiger partial charge in [0.05, 0.1) is 6.33 Å². The molecule has 0 saturated carbocycles. The van der Waals surface area contributed by atoms with Crippen LogP contribution in [0, 0.1) is 0 Å². The van der Waals surface area contributed by atoms with Crippen LogP contribution in [0.5, 0.6) is 0 Å². The molecule has 0 aliphatic rings. The fourth-order valence-electron chi connectivity index (χ4n) is 0.741. The van der Waals surface area contributed by atoms with Crippen LogP contribution in [0.1, 0.15) is 26.3 Å². The monoisotopic (exact) mass is 186 g/mol. The summed E-state index contributed by atoms with van der Waals surface area (Å²) in [5, 5.41) is 13.9. The summed E-state index contributed by atoms with van der Waals surface area (Å²) in [6.45, 7) is 4.35. The SMILES string of the molecule is CCC(C)n1ccnc1.O=C(O)O. The Bertz CT molecular complexity index is 230. The summed E-state index contributed by atoms with van der Waals surface area (Å²) < 4.78 is 2.11. The van der Waals surface area contributed by atoms with E-state index >= 15 is 0 Å². The van der Waals surface area contributed by atoms with Gasteiger partial charge in [-0.25, -0.2) is 9.78 Å². The molecule has 0 saturated heterocycles. The second-order valence-electron chi connectivity index (χ2n) is 2.55. The average molecular weight is 186 g/mol. The maximum absolute atomic E-state index is 8.56. The summed E-state index contributed by atoms with van der Waals surface area (Å²) in [4.78, 5) is 12.5. The van der Waals surface area contributed by atoms with Gasteiger partial charge in [-0.2, -0.15) is 0 Å². The average Bonchev–Trinajstić information content (AvgIpc) is 2.54. The zero-order valence-electron chi connectivity index (χ0n) is 7.71. The van der Waals surface area contributed by atoms with Gasteiger partial charge in [-0.15, -0.1) is 0 Å². The van der Waals surface area contributed by atoms with Crippen molar-refractivity contribution in [3.05, 3.63) is 18.7 Å². The number of carbonyl (C=O) groups is 1. The predicted octanol–water partition coefficient (Wildman–Crippen LogP) is 2.08. The summed E-state index contributed by atoms with van der Waals surface area (Å²) in [5.74, 6) is 0. The number of carboxylic acid groups (broad SMARTS) is 2. The van der Waals surface area contributed by atoms with Crippen molar-refractivity contribution in [3.8, 4) is 0 Å². The fourth-order valence-corrected chi connectivity index (χ4v) is 0.741. The Hall–Kier alpha value is -1.52. The van der Waals surface area contributed by atoms with Crippen molar-refractivity contribution in [2.24, 2.45) is 0 Å². The number of aromatic nitrogens is 2. The molecule has 0 aliphatic heterocycles. The number of rotatable bonds is 2. The van der Waals surface area contributed by atoms with E-state index in [4.69, 9.17) is 15.0 Å². The Morgan fingerprint density at radius 2 is 2.15 bits per heavy atom. The number of imidazole rings is 1. The lowest BCUT2D eigenvalue weighted by Crippen LogP contribution is -1.99. The van der Waals surface area contributed by atoms with Crippen LogP contribution >= 0.6 is 0 Å². The normalized spacial score (nSPS) is 11.2. The fraction of sp³-hybridized carbons (Fsp3) is 0.500. The molecule has 1 aromatic rings. The van der Waals surface area contributed by atoms with Crippen LogP contribution in [-0.4, -0.2) is 25.9 Å². The van der Waals surface area contributed by atoms with Crippen molar-refractivity contribution >= 4 is 6.16 Å². The van der Waals surface area contributed by atoms with Gasteiger partial charge in [0, 0.05) is 18.4 Å². The van der Waals surface area contributed by atoms with Gasteiger partial charge in [-0.1, -0.05) is 6.92 Å². The highest BCUT2D eigenvalue weighted by atomic mass is 16.6. The van der Waals surface area contributed by atoms with Crippen molar-refractivity contribution in [3.63, 3.8) is 0 Å². The van der Waals surface area contributed by atoms with E-state index in [1.54, 1.807) is 0 Å². The molecule has 1 rings (SSSR count). The first-order valence-corrected chi connectivity index (χ1v) is 3.97. The van der Waals surface area contributed by atoms with E-state index in [0.717, 1.165) is 6.42 Å². The molecule has 0 spiro atoms. The van der Waals surface area contributed by atoms with Gasteiger partial charge in [0.15, 0.2) is 0 Å². The number of nitrogens with zero attached hydrogens (tertiary/aromatic N) is 2. The smallest absolute Gasteiger partial charge is 0.450 e. The van der Waals surface area contributed by atoms with Crippen LogP contribution in [0.2, 0.25) is 0 Å². The second kappa shape index (κ2) is 6.05. The third-order valence-electron chi connectivity index (χ3n) is 1.62. The molecule has 2 N–H and O–H groups in total. The molecule has 0 fully saturated rings. The van der Waals surface area contributed by atoms with Crippen LogP contribution in [0.4, 0.5) is 4.79 Å². The zero-order valence-corrected chi connectivity index (χ0v) is 7.71. The van der Waals surface area contributed by atoms with Crippen molar-refractivity contribution in [2.45, 2.75) is 26.3 Å². The Labute approximate surface area is 76.7 Å². The molecule has 0 aromatic carbocycles. The van der Waals surface area contributed by atoms with Crippen molar-refractivity contribution in [1.29, 1.82) is 0 Å². The summed E-state index contributed by atoms with van der Waals surface area (Å²) in [6.07, 6.45) is 4.99. The number of hydrogen-bond acceptors (Lipinski definition) is 2. The van der Waals surface area contributed by atoms with Gasteiger partial charge in [-0.3, -0.25) is 0 Å². The molecule has 0 aliphatic carbocycles. The molecule has 5 heteroatoms. The first-order valence-electron chi connectivity index (χ1n) is 3.97. The van der Waals surface area contributed by atoms with Crippen LogP contribution in [0.3, 0.4) is 0 Å². The zero-order chi connectivity index (χ0) is 10.3. The van der Waals surface area contributed by atoms with Gasteiger partial charge in [0.25, 0.3) is 0 Å². The van der Waals surface area contributed by atoms with Gasteiger partial charge < -0.3 is 14.8 Å². The highest BCUT2D eigenvalue weighted by Crippen LogP contribution is 2.06. The summed E-state index contributed by atoms with van der Waals surface area (Å²) >= 11 is 0. The minimum absolute atomic E-state index is 0.590. The Balaban J connectivity index is 0.000000310. The van der Waals surface area contributed by atoms with E-state index in [-0.39, 0.29) is 0 Å². The lowest BCUT2D eigenvalue weighted by molar-refractivity contribution is 0.137.